The number of benzene rings is 2. The third kappa shape index (κ3) is 1.78. The lowest BCUT2D eigenvalue weighted by Crippen LogP contribution is -2.16. The average molecular weight is 221 g/mol. The van der Waals surface area contributed by atoms with Crippen LogP contribution in [0.3, 0.4) is 0 Å². The Balaban J connectivity index is 2.11. The Kier molecular flexibility index (Phi) is 2.52. The Morgan fingerprint density at radius 1 is 0.941 bits per heavy atom. The first-order valence-corrected chi connectivity index (χ1v) is 6.01. The van der Waals surface area contributed by atoms with E-state index >= 15 is 0 Å². The zero-order valence-electron chi connectivity index (χ0n) is 9.93. The van der Waals surface area contributed by atoms with E-state index in [9.17, 15) is 0 Å². The summed E-state index contributed by atoms with van der Waals surface area (Å²) in [6.07, 6.45) is 0. The molecular formula is C16H15N. The molecule has 1 heteroatoms. The lowest BCUT2D eigenvalue weighted by atomic mass is 9.85. The fourth-order valence-corrected chi connectivity index (χ4v) is 2.51. The van der Waals surface area contributed by atoms with E-state index in [0.717, 1.165) is 12.3 Å². The van der Waals surface area contributed by atoms with Gasteiger partial charge >= 0.3 is 0 Å². The standard InChI is InChI=1S/C16H15N/c1-12-14-9-5-6-10-15(14)16(11-17-12)13-7-3-2-4-8-13/h2-10,16H,11H2,1H3. The van der Waals surface area contributed by atoms with Crippen LogP contribution >= 0.6 is 0 Å². The van der Waals surface area contributed by atoms with Crippen LogP contribution in [0.1, 0.15) is 29.5 Å². The van der Waals surface area contributed by atoms with Gasteiger partial charge in [-0.25, -0.2) is 0 Å². The molecule has 0 bridgehead atoms. The highest BCUT2D eigenvalue weighted by molar-refractivity contribution is 6.01. The number of nitrogens with zero attached hydrogens (tertiary/aromatic N) is 1. The van der Waals surface area contributed by atoms with Crippen LogP contribution in [0.15, 0.2) is 59.6 Å². The topological polar surface area (TPSA) is 12.4 Å². The summed E-state index contributed by atoms with van der Waals surface area (Å²) >= 11 is 0. The number of hydrogen-bond acceptors (Lipinski definition) is 1. The number of hydrogen-bond donors (Lipinski definition) is 0. The normalized spacial score (nSPS) is 18.4. The Morgan fingerprint density at radius 3 is 2.47 bits per heavy atom. The van der Waals surface area contributed by atoms with E-state index in [0.29, 0.717) is 5.92 Å². The minimum absolute atomic E-state index is 0.413. The molecule has 84 valence electrons. The van der Waals surface area contributed by atoms with E-state index in [2.05, 4.69) is 66.5 Å². The molecule has 1 aliphatic rings. The Labute approximate surface area is 102 Å². The van der Waals surface area contributed by atoms with E-state index in [1.165, 1.54) is 16.7 Å². The summed E-state index contributed by atoms with van der Waals surface area (Å²) in [5.74, 6) is 0.413. The Morgan fingerprint density at radius 2 is 1.65 bits per heavy atom. The first-order chi connectivity index (χ1) is 8.36. The van der Waals surface area contributed by atoms with Crippen LogP contribution in [0.4, 0.5) is 0 Å². The Bertz CT molecular complexity index is 555. The van der Waals surface area contributed by atoms with Gasteiger partial charge < -0.3 is 0 Å². The zero-order valence-corrected chi connectivity index (χ0v) is 9.93. The summed E-state index contributed by atoms with van der Waals surface area (Å²) in [6.45, 7) is 2.97. The van der Waals surface area contributed by atoms with E-state index in [4.69, 9.17) is 0 Å². The molecule has 3 rings (SSSR count). The maximum Gasteiger partial charge on any atom is 0.0502 e. The van der Waals surface area contributed by atoms with Gasteiger partial charge in [-0.15, -0.1) is 0 Å². The van der Waals surface area contributed by atoms with Gasteiger partial charge in [0.25, 0.3) is 0 Å². The lowest BCUT2D eigenvalue weighted by molar-refractivity contribution is 0.803. The van der Waals surface area contributed by atoms with Crippen molar-refractivity contribution >= 4 is 5.71 Å². The zero-order chi connectivity index (χ0) is 11.7. The van der Waals surface area contributed by atoms with Gasteiger partial charge in [-0.1, -0.05) is 54.6 Å². The van der Waals surface area contributed by atoms with Crippen molar-refractivity contribution in [2.24, 2.45) is 4.99 Å². The van der Waals surface area contributed by atoms with Crippen molar-refractivity contribution in [2.75, 3.05) is 6.54 Å². The molecule has 0 fully saturated rings. The van der Waals surface area contributed by atoms with Gasteiger partial charge in [0.1, 0.15) is 0 Å². The van der Waals surface area contributed by atoms with Crippen LogP contribution in [-0.4, -0.2) is 12.3 Å². The van der Waals surface area contributed by atoms with Crippen molar-refractivity contribution in [3.05, 3.63) is 71.3 Å². The monoisotopic (exact) mass is 221 g/mol. The highest BCUT2D eigenvalue weighted by Crippen LogP contribution is 2.31. The summed E-state index contributed by atoms with van der Waals surface area (Å²) in [5.41, 5.74) is 5.22. The van der Waals surface area contributed by atoms with Gasteiger partial charge in [0.15, 0.2) is 0 Å². The molecule has 0 saturated carbocycles. The van der Waals surface area contributed by atoms with Gasteiger partial charge in [-0.05, 0) is 23.6 Å². The highest BCUT2D eigenvalue weighted by atomic mass is 14.8. The van der Waals surface area contributed by atoms with Crippen molar-refractivity contribution in [3.8, 4) is 0 Å². The summed E-state index contributed by atoms with van der Waals surface area (Å²) in [7, 11) is 0. The average Bonchev–Trinajstić information content (AvgIpc) is 2.41. The molecule has 17 heavy (non-hydrogen) atoms. The number of aliphatic imine (C=N–C) groups is 1. The molecule has 0 radical (unpaired) electrons. The molecule has 0 aliphatic carbocycles. The highest BCUT2D eigenvalue weighted by Gasteiger charge is 2.21. The predicted octanol–water partition coefficient (Wildman–Crippen LogP) is 3.64. The predicted molar refractivity (Wildman–Crippen MR) is 71.8 cm³/mol. The second-order valence-electron chi connectivity index (χ2n) is 4.48. The van der Waals surface area contributed by atoms with Crippen molar-refractivity contribution < 1.29 is 0 Å². The fraction of sp³-hybridized carbons (Fsp3) is 0.188. The van der Waals surface area contributed by atoms with Crippen LogP contribution in [0.2, 0.25) is 0 Å². The first kappa shape index (κ1) is 10.3. The van der Waals surface area contributed by atoms with Crippen LogP contribution in [0, 0.1) is 0 Å². The molecule has 0 saturated heterocycles. The largest absolute Gasteiger partial charge is 0.288 e. The number of rotatable bonds is 1. The summed E-state index contributed by atoms with van der Waals surface area (Å²) in [5, 5.41) is 0. The third-order valence-electron chi connectivity index (χ3n) is 3.44. The SMILES string of the molecule is CC1=NCC(c2ccccc2)c2ccccc21. The van der Waals surface area contributed by atoms with Gasteiger partial charge in [0, 0.05) is 11.6 Å². The van der Waals surface area contributed by atoms with Gasteiger partial charge in [-0.3, -0.25) is 4.99 Å². The van der Waals surface area contributed by atoms with Crippen molar-refractivity contribution in [1.29, 1.82) is 0 Å². The maximum atomic E-state index is 4.65. The molecule has 0 spiro atoms. The fourth-order valence-electron chi connectivity index (χ4n) is 2.51. The smallest absolute Gasteiger partial charge is 0.0502 e. The minimum Gasteiger partial charge on any atom is -0.288 e. The van der Waals surface area contributed by atoms with Crippen molar-refractivity contribution in [1.82, 2.24) is 0 Å². The van der Waals surface area contributed by atoms with E-state index in [1.807, 2.05) is 0 Å². The summed E-state index contributed by atoms with van der Waals surface area (Å²) in [4.78, 5) is 4.65. The summed E-state index contributed by atoms with van der Waals surface area (Å²) in [6, 6.07) is 19.3. The van der Waals surface area contributed by atoms with Crippen LogP contribution in [0.5, 0.6) is 0 Å². The quantitative estimate of drug-likeness (QED) is 0.697. The van der Waals surface area contributed by atoms with E-state index < -0.39 is 0 Å². The number of fused-ring (bicyclic) bond motifs is 1. The molecule has 0 aromatic heterocycles. The molecule has 1 heterocycles. The lowest BCUT2D eigenvalue weighted by Gasteiger charge is -2.24. The maximum absolute atomic E-state index is 4.65. The molecule has 1 atom stereocenters. The van der Waals surface area contributed by atoms with Crippen LogP contribution < -0.4 is 0 Å². The van der Waals surface area contributed by atoms with Gasteiger partial charge in [-0.2, -0.15) is 0 Å². The molecule has 0 N–H and O–H groups in total. The summed E-state index contributed by atoms with van der Waals surface area (Å²) < 4.78 is 0. The van der Waals surface area contributed by atoms with Gasteiger partial charge in [0.2, 0.25) is 0 Å². The third-order valence-corrected chi connectivity index (χ3v) is 3.44. The molecule has 1 aliphatic heterocycles. The van der Waals surface area contributed by atoms with E-state index in [-0.39, 0.29) is 0 Å². The molecule has 1 nitrogen and oxygen atoms in total. The van der Waals surface area contributed by atoms with Gasteiger partial charge in [0.05, 0.1) is 6.54 Å². The van der Waals surface area contributed by atoms with Crippen LogP contribution in [-0.2, 0) is 0 Å². The molecule has 2 aromatic rings. The molecular weight excluding hydrogens is 206 g/mol. The second-order valence-corrected chi connectivity index (χ2v) is 4.48. The molecule has 2 aromatic carbocycles. The molecule has 1 unspecified atom stereocenters. The van der Waals surface area contributed by atoms with Crippen LogP contribution in [0.25, 0.3) is 0 Å². The first-order valence-electron chi connectivity index (χ1n) is 6.01. The Hall–Kier alpha value is -1.89. The van der Waals surface area contributed by atoms with Crippen molar-refractivity contribution in [2.45, 2.75) is 12.8 Å². The molecule has 0 amide bonds. The van der Waals surface area contributed by atoms with E-state index in [1.54, 1.807) is 0 Å². The van der Waals surface area contributed by atoms with Crippen molar-refractivity contribution in [3.63, 3.8) is 0 Å². The second kappa shape index (κ2) is 4.17. The minimum atomic E-state index is 0.413.